The van der Waals surface area contributed by atoms with Gasteiger partial charge in [0.25, 0.3) is 11.7 Å². The number of Topliss-reactive ketones (excluding diaryl/α,β-unsaturated/α-hetero) is 1. The summed E-state index contributed by atoms with van der Waals surface area (Å²) >= 11 is 0. The van der Waals surface area contributed by atoms with Gasteiger partial charge in [0.1, 0.15) is 24.8 Å². The molecule has 1 N–H and O–H groups in total. The molecule has 4 rings (SSSR count). The SMILES string of the molecule is CCCN1C(=O)C(=O)/C(=C(\O)c2ccc(F)cc2)C1c1ccc2c(c1)OCCO2. The Hall–Kier alpha value is -3.35. The molecule has 0 saturated carbocycles. The van der Waals surface area contributed by atoms with E-state index in [0.29, 0.717) is 43.2 Å². The number of hydrogen-bond acceptors (Lipinski definition) is 5. The molecule has 0 aromatic heterocycles. The number of rotatable bonds is 4. The van der Waals surface area contributed by atoms with Gasteiger partial charge in [-0.15, -0.1) is 0 Å². The van der Waals surface area contributed by atoms with E-state index >= 15 is 0 Å². The van der Waals surface area contributed by atoms with Crippen LogP contribution < -0.4 is 9.47 Å². The molecule has 2 aliphatic rings. The Balaban J connectivity index is 1.86. The van der Waals surface area contributed by atoms with Crippen molar-refractivity contribution in [3.05, 3.63) is 65.0 Å². The number of halogens is 1. The molecular formula is C22H20FNO5. The average molecular weight is 397 g/mol. The van der Waals surface area contributed by atoms with E-state index in [1.807, 2.05) is 6.92 Å². The summed E-state index contributed by atoms with van der Waals surface area (Å²) in [4.78, 5) is 26.9. The van der Waals surface area contributed by atoms with Crippen molar-refractivity contribution >= 4 is 17.4 Å². The summed E-state index contributed by atoms with van der Waals surface area (Å²) in [5.74, 6) is -1.11. The lowest BCUT2D eigenvalue weighted by atomic mass is 9.95. The van der Waals surface area contributed by atoms with Crippen molar-refractivity contribution in [1.82, 2.24) is 4.90 Å². The molecule has 1 saturated heterocycles. The zero-order chi connectivity index (χ0) is 20.5. The van der Waals surface area contributed by atoms with Crippen LogP contribution in [0, 0.1) is 5.82 Å². The maximum absolute atomic E-state index is 13.3. The van der Waals surface area contributed by atoms with Crippen molar-refractivity contribution in [3.8, 4) is 11.5 Å². The van der Waals surface area contributed by atoms with Crippen molar-refractivity contribution < 1.29 is 28.6 Å². The predicted octanol–water partition coefficient (Wildman–Crippen LogP) is 3.43. The topological polar surface area (TPSA) is 76.1 Å². The Morgan fingerprint density at radius 2 is 1.79 bits per heavy atom. The van der Waals surface area contributed by atoms with Gasteiger partial charge in [0.2, 0.25) is 0 Å². The molecule has 0 spiro atoms. The summed E-state index contributed by atoms with van der Waals surface area (Å²) in [6.45, 7) is 3.11. The van der Waals surface area contributed by atoms with E-state index in [0.717, 1.165) is 0 Å². The van der Waals surface area contributed by atoms with E-state index in [1.54, 1.807) is 18.2 Å². The number of amides is 1. The van der Waals surface area contributed by atoms with Crippen molar-refractivity contribution in [2.45, 2.75) is 19.4 Å². The molecule has 1 fully saturated rings. The van der Waals surface area contributed by atoms with Crippen LogP contribution in [0.15, 0.2) is 48.0 Å². The molecule has 2 aliphatic heterocycles. The van der Waals surface area contributed by atoms with Gasteiger partial charge in [0.05, 0.1) is 11.6 Å². The number of ether oxygens (including phenoxy) is 2. The maximum Gasteiger partial charge on any atom is 0.295 e. The van der Waals surface area contributed by atoms with Gasteiger partial charge in [-0.1, -0.05) is 13.0 Å². The number of likely N-dealkylation sites (tertiary alicyclic amines) is 1. The molecule has 7 heteroatoms. The van der Waals surface area contributed by atoms with E-state index in [2.05, 4.69) is 0 Å². The molecule has 2 aromatic rings. The first-order chi connectivity index (χ1) is 14.0. The van der Waals surface area contributed by atoms with Crippen LogP contribution in [0.4, 0.5) is 4.39 Å². The van der Waals surface area contributed by atoms with Gasteiger partial charge in [-0.05, 0) is 48.4 Å². The quantitative estimate of drug-likeness (QED) is 0.486. The minimum atomic E-state index is -0.768. The second-order valence-corrected chi connectivity index (χ2v) is 6.90. The smallest absolute Gasteiger partial charge is 0.295 e. The van der Waals surface area contributed by atoms with Crippen LogP contribution in [0.2, 0.25) is 0 Å². The Morgan fingerprint density at radius 3 is 2.48 bits per heavy atom. The summed E-state index contributed by atoms with van der Waals surface area (Å²) in [5.41, 5.74) is 0.876. The normalized spacial score (nSPS) is 20.2. The van der Waals surface area contributed by atoms with Gasteiger partial charge >= 0.3 is 0 Å². The molecule has 2 aromatic carbocycles. The second kappa shape index (κ2) is 7.58. The highest BCUT2D eigenvalue weighted by Gasteiger charge is 2.45. The lowest BCUT2D eigenvalue weighted by molar-refractivity contribution is -0.139. The third-order valence-corrected chi connectivity index (χ3v) is 5.00. The number of hydrogen-bond donors (Lipinski definition) is 1. The highest BCUT2D eigenvalue weighted by molar-refractivity contribution is 6.46. The lowest BCUT2D eigenvalue weighted by Gasteiger charge is -2.26. The van der Waals surface area contributed by atoms with Gasteiger partial charge in [-0.3, -0.25) is 9.59 Å². The first kappa shape index (κ1) is 19.0. The Labute approximate surface area is 167 Å². The molecule has 0 aliphatic carbocycles. The number of carbonyl (C=O) groups excluding carboxylic acids is 2. The predicted molar refractivity (Wildman–Crippen MR) is 103 cm³/mol. The summed E-state index contributed by atoms with van der Waals surface area (Å²) in [6.07, 6.45) is 0.644. The number of aliphatic hydroxyl groups is 1. The molecule has 6 nitrogen and oxygen atoms in total. The van der Waals surface area contributed by atoms with Crippen LogP contribution in [-0.4, -0.2) is 41.5 Å². The minimum Gasteiger partial charge on any atom is -0.507 e. The number of fused-ring (bicyclic) bond motifs is 1. The third-order valence-electron chi connectivity index (χ3n) is 5.00. The molecule has 1 atom stereocenters. The largest absolute Gasteiger partial charge is 0.507 e. The first-order valence-electron chi connectivity index (χ1n) is 9.45. The monoisotopic (exact) mass is 397 g/mol. The second-order valence-electron chi connectivity index (χ2n) is 6.90. The fourth-order valence-corrected chi connectivity index (χ4v) is 3.69. The molecule has 0 radical (unpaired) electrons. The Kier molecular flexibility index (Phi) is 4.96. The molecule has 2 heterocycles. The zero-order valence-electron chi connectivity index (χ0n) is 15.9. The van der Waals surface area contributed by atoms with Gasteiger partial charge in [0, 0.05) is 12.1 Å². The molecule has 150 valence electrons. The molecule has 29 heavy (non-hydrogen) atoms. The number of carbonyl (C=O) groups is 2. The number of nitrogens with zero attached hydrogens (tertiary/aromatic N) is 1. The summed E-state index contributed by atoms with van der Waals surface area (Å²) in [6, 6.07) is 9.57. The number of aliphatic hydroxyl groups excluding tert-OH is 1. The van der Waals surface area contributed by atoms with Crippen LogP contribution in [0.3, 0.4) is 0 Å². The van der Waals surface area contributed by atoms with Crippen LogP contribution in [-0.2, 0) is 9.59 Å². The molecule has 1 unspecified atom stereocenters. The highest BCUT2D eigenvalue weighted by Crippen LogP contribution is 2.42. The van der Waals surface area contributed by atoms with E-state index in [1.165, 1.54) is 29.2 Å². The molecule has 0 bridgehead atoms. The Morgan fingerprint density at radius 1 is 1.10 bits per heavy atom. The van der Waals surface area contributed by atoms with Gasteiger partial charge in [-0.2, -0.15) is 0 Å². The van der Waals surface area contributed by atoms with Crippen molar-refractivity contribution in [3.63, 3.8) is 0 Å². The average Bonchev–Trinajstić information content (AvgIpc) is 2.99. The number of ketones is 1. The van der Waals surface area contributed by atoms with Gasteiger partial charge < -0.3 is 19.5 Å². The van der Waals surface area contributed by atoms with Crippen LogP contribution >= 0.6 is 0 Å². The summed E-state index contributed by atoms with van der Waals surface area (Å²) in [5, 5.41) is 10.9. The Bertz CT molecular complexity index is 999. The van der Waals surface area contributed by atoms with Crippen LogP contribution in [0.25, 0.3) is 5.76 Å². The van der Waals surface area contributed by atoms with Gasteiger partial charge in [0.15, 0.2) is 11.5 Å². The fourth-order valence-electron chi connectivity index (χ4n) is 3.69. The molecule has 1 amide bonds. The van der Waals surface area contributed by atoms with Crippen LogP contribution in [0.1, 0.15) is 30.5 Å². The summed E-state index contributed by atoms with van der Waals surface area (Å²) < 4.78 is 24.5. The minimum absolute atomic E-state index is 0.0215. The van der Waals surface area contributed by atoms with Crippen molar-refractivity contribution in [2.75, 3.05) is 19.8 Å². The summed E-state index contributed by atoms with van der Waals surface area (Å²) in [7, 11) is 0. The van der Waals surface area contributed by atoms with E-state index < -0.39 is 23.5 Å². The van der Waals surface area contributed by atoms with E-state index in [-0.39, 0.29) is 16.9 Å². The maximum atomic E-state index is 13.3. The zero-order valence-corrected chi connectivity index (χ0v) is 15.9. The first-order valence-corrected chi connectivity index (χ1v) is 9.45. The van der Waals surface area contributed by atoms with E-state index in [9.17, 15) is 19.1 Å². The number of benzene rings is 2. The van der Waals surface area contributed by atoms with Crippen LogP contribution in [0.5, 0.6) is 11.5 Å². The standard InChI is InChI=1S/C22H20FNO5/c1-2-9-24-19(14-5-8-16-17(12-14)29-11-10-28-16)18(21(26)22(24)27)20(25)13-3-6-15(23)7-4-13/h3-8,12,19,25H,2,9-11H2,1H3/b20-18-. The van der Waals surface area contributed by atoms with Crippen molar-refractivity contribution in [2.24, 2.45) is 0 Å². The molecular weight excluding hydrogens is 377 g/mol. The van der Waals surface area contributed by atoms with Gasteiger partial charge in [-0.25, -0.2) is 4.39 Å². The lowest BCUT2D eigenvalue weighted by Crippen LogP contribution is -2.30. The fraction of sp³-hybridized carbons (Fsp3) is 0.273. The van der Waals surface area contributed by atoms with E-state index in [4.69, 9.17) is 9.47 Å². The highest BCUT2D eigenvalue weighted by atomic mass is 19.1. The third kappa shape index (κ3) is 3.33. The van der Waals surface area contributed by atoms with Crippen molar-refractivity contribution in [1.29, 1.82) is 0 Å².